The van der Waals surface area contributed by atoms with Crippen molar-refractivity contribution < 1.29 is 4.42 Å². The standard InChI is InChI=1S/C17H14N2O/c1-12-16(15-4-2-3-5-17(15)20-12)11-19-14-8-6-13(10-18)7-9-14/h2-9,19H,11H2,1H3. The minimum atomic E-state index is 0.667. The molecule has 0 aliphatic heterocycles. The molecule has 0 amide bonds. The van der Waals surface area contributed by atoms with Gasteiger partial charge in [0.25, 0.3) is 0 Å². The number of nitrogens with one attached hydrogen (secondary N) is 1. The van der Waals surface area contributed by atoms with Crippen molar-refractivity contribution in [1.29, 1.82) is 5.26 Å². The molecule has 0 atom stereocenters. The van der Waals surface area contributed by atoms with E-state index in [0.717, 1.165) is 22.4 Å². The van der Waals surface area contributed by atoms with Crippen LogP contribution in [0.3, 0.4) is 0 Å². The third-order valence-corrected chi connectivity index (χ3v) is 3.38. The third kappa shape index (κ3) is 2.24. The zero-order valence-corrected chi connectivity index (χ0v) is 11.2. The van der Waals surface area contributed by atoms with Crippen LogP contribution in [0, 0.1) is 18.3 Å². The fraction of sp³-hybridized carbons (Fsp3) is 0.118. The van der Waals surface area contributed by atoms with Crippen LogP contribution in [0.1, 0.15) is 16.9 Å². The normalized spacial score (nSPS) is 10.4. The molecular formula is C17H14N2O. The average molecular weight is 262 g/mol. The molecule has 0 aliphatic rings. The number of fused-ring (bicyclic) bond motifs is 1. The molecule has 3 rings (SSSR count). The van der Waals surface area contributed by atoms with E-state index < -0.39 is 0 Å². The van der Waals surface area contributed by atoms with E-state index in [1.54, 1.807) is 0 Å². The molecule has 1 N–H and O–H groups in total. The van der Waals surface area contributed by atoms with E-state index in [1.165, 1.54) is 5.56 Å². The maximum atomic E-state index is 8.78. The lowest BCUT2D eigenvalue weighted by Gasteiger charge is -2.06. The summed E-state index contributed by atoms with van der Waals surface area (Å²) in [5, 5.41) is 13.3. The first-order valence-corrected chi connectivity index (χ1v) is 6.49. The van der Waals surface area contributed by atoms with Crippen LogP contribution in [-0.2, 0) is 6.54 Å². The molecule has 98 valence electrons. The van der Waals surface area contributed by atoms with Crippen LogP contribution >= 0.6 is 0 Å². The lowest BCUT2D eigenvalue weighted by Crippen LogP contribution is -1.99. The van der Waals surface area contributed by atoms with Crippen molar-refractivity contribution in [3.05, 3.63) is 65.4 Å². The van der Waals surface area contributed by atoms with Crippen molar-refractivity contribution in [2.24, 2.45) is 0 Å². The number of furan rings is 1. The molecule has 3 nitrogen and oxygen atoms in total. The number of hydrogen-bond donors (Lipinski definition) is 1. The summed E-state index contributed by atoms with van der Waals surface area (Å²) in [7, 11) is 0. The number of aryl methyl sites for hydroxylation is 1. The Morgan fingerprint density at radius 2 is 1.85 bits per heavy atom. The molecule has 0 saturated carbocycles. The van der Waals surface area contributed by atoms with Crippen molar-refractivity contribution in [2.45, 2.75) is 13.5 Å². The summed E-state index contributed by atoms with van der Waals surface area (Å²) >= 11 is 0. The molecule has 0 fully saturated rings. The number of benzene rings is 2. The summed E-state index contributed by atoms with van der Waals surface area (Å²) in [6, 6.07) is 17.6. The Labute approximate surface area is 117 Å². The van der Waals surface area contributed by atoms with Gasteiger partial charge in [0.05, 0.1) is 11.6 Å². The smallest absolute Gasteiger partial charge is 0.134 e. The quantitative estimate of drug-likeness (QED) is 0.768. The number of hydrogen-bond acceptors (Lipinski definition) is 3. The first kappa shape index (κ1) is 12.3. The fourth-order valence-corrected chi connectivity index (χ4v) is 2.29. The Hall–Kier alpha value is -2.73. The second-order valence-corrected chi connectivity index (χ2v) is 4.68. The summed E-state index contributed by atoms with van der Waals surface area (Å²) in [5.41, 5.74) is 3.75. The molecule has 0 unspecified atom stereocenters. The van der Waals surface area contributed by atoms with E-state index in [0.29, 0.717) is 12.1 Å². The predicted molar refractivity (Wildman–Crippen MR) is 79.4 cm³/mol. The molecule has 0 aliphatic carbocycles. The maximum absolute atomic E-state index is 8.78. The van der Waals surface area contributed by atoms with E-state index in [4.69, 9.17) is 9.68 Å². The van der Waals surface area contributed by atoms with Crippen molar-refractivity contribution in [2.75, 3.05) is 5.32 Å². The van der Waals surface area contributed by atoms with E-state index in [9.17, 15) is 0 Å². The molecule has 0 saturated heterocycles. The minimum absolute atomic E-state index is 0.667. The summed E-state index contributed by atoms with van der Waals surface area (Å²) in [5.74, 6) is 0.937. The summed E-state index contributed by atoms with van der Waals surface area (Å²) < 4.78 is 5.74. The summed E-state index contributed by atoms with van der Waals surface area (Å²) in [6.07, 6.45) is 0. The molecule has 2 aromatic carbocycles. The van der Waals surface area contributed by atoms with Gasteiger partial charge in [-0.25, -0.2) is 0 Å². The van der Waals surface area contributed by atoms with E-state index in [-0.39, 0.29) is 0 Å². The summed E-state index contributed by atoms with van der Waals surface area (Å²) in [6.45, 7) is 2.69. The van der Waals surface area contributed by atoms with Gasteiger partial charge in [-0.05, 0) is 37.3 Å². The van der Waals surface area contributed by atoms with Gasteiger partial charge in [-0.1, -0.05) is 18.2 Å². The van der Waals surface area contributed by atoms with Gasteiger partial charge in [0, 0.05) is 23.2 Å². The van der Waals surface area contributed by atoms with Crippen molar-refractivity contribution in [3.63, 3.8) is 0 Å². The van der Waals surface area contributed by atoms with Crippen molar-refractivity contribution in [1.82, 2.24) is 0 Å². The number of rotatable bonds is 3. The van der Waals surface area contributed by atoms with Crippen LogP contribution < -0.4 is 5.32 Å². The largest absolute Gasteiger partial charge is 0.461 e. The first-order valence-electron chi connectivity index (χ1n) is 6.49. The van der Waals surface area contributed by atoms with Crippen molar-refractivity contribution in [3.8, 4) is 6.07 Å². The second-order valence-electron chi connectivity index (χ2n) is 4.68. The van der Waals surface area contributed by atoms with Crippen LogP contribution in [0.15, 0.2) is 52.9 Å². The highest BCUT2D eigenvalue weighted by atomic mass is 16.3. The predicted octanol–water partition coefficient (Wildman–Crippen LogP) is 4.23. The Morgan fingerprint density at radius 3 is 2.60 bits per heavy atom. The zero-order chi connectivity index (χ0) is 13.9. The highest BCUT2D eigenvalue weighted by molar-refractivity contribution is 5.82. The highest BCUT2D eigenvalue weighted by Crippen LogP contribution is 2.26. The highest BCUT2D eigenvalue weighted by Gasteiger charge is 2.09. The monoisotopic (exact) mass is 262 g/mol. The van der Waals surface area contributed by atoms with Gasteiger partial charge in [-0.3, -0.25) is 0 Å². The number of nitrogens with zero attached hydrogens (tertiary/aromatic N) is 1. The van der Waals surface area contributed by atoms with E-state index in [1.807, 2.05) is 49.4 Å². The minimum Gasteiger partial charge on any atom is -0.461 e. The Kier molecular flexibility index (Phi) is 3.14. The van der Waals surface area contributed by atoms with E-state index in [2.05, 4.69) is 17.5 Å². The summed E-state index contributed by atoms with van der Waals surface area (Å²) in [4.78, 5) is 0. The lowest BCUT2D eigenvalue weighted by molar-refractivity contribution is 0.573. The molecule has 3 aromatic rings. The topological polar surface area (TPSA) is 49.0 Å². The fourth-order valence-electron chi connectivity index (χ4n) is 2.29. The molecule has 20 heavy (non-hydrogen) atoms. The molecule has 1 aromatic heterocycles. The van der Waals surface area contributed by atoms with E-state index >= 15 is 0 Å². The van der Waals surface area contributed by atoms with Crippen LogP contribution in [-0.4, -0.2) is 0 Å². The number of anilines is 1. The van der Waals surface area contributed by atoms with Gasteiger partial charge in [0.1, 0.15) is 11.3 Å². The van der Waals surface area contributed by atoms with Gasteiger partial charge in [0.2, 0.25) is 0 Å². The van der Waals surface area contributed by atoms with Crippen LogP contribution in [0.4, 0.5) is 5.69 Å². The Morgan fingerprint density at radius 1 is 1.10 bits per heavy atom. The van der Waals surface area contributed by atoms with Gasteiger partial charge in [0.15, 0.2) is 0 Å². The van der Waals surface area contributed by atoms with Crippen LogP contribution in [0.2, 0.25) is 0 Å². The van der Waals surface area contributed by atoms with Gasteiger partial charge in [-0.2, -0.15) is 5.26 Å². The van der Waals surface area contributed by atoms with Gasteiger partial charge < -0.3 is 9.73 Å². The zero-order valence-electron chi connectivity index (χ0n) is 11.2. The molecule has 3 heteroatoms. The van der Waals surface area contributed by atoms with Gasteiger partial charge >= 0.3 is 0 Å². The molecule has 0 radical (unpaired) electrons. The van der Waals surface area contributed by atoms with Crippen LogP contribution in [0.5, 0.6) is 0 Å². The third-order valence-electron chi connectivity index (χ3n) is 3.38. The number of nitriles is 1. The SMILES string of the molecule is Cc1oc2ccccc2c1CNc1ccc(C#N)cc1. The Balaban J connectivity index is 1.83. The molecule has 1 heterocycles. The Bertz CT molecular complexity index is 779. The second kappa shape index (κ2) is 5.10. The van der Waals surface area contributed by atoms with Crippen molar-refractivity contribution >= 4 is 16.7 Å². The first-order chi connectivity index (χ1) is 9.78. The maximum Gasteiger partial charge on any atom is 0.134 e. The van der Waals surface area contributed by atoms with Crippen LogP contribution in [0.25, 0.3) is 11.0 Å². The lowest BCUT2D eigenvalue weighted by atomic mass is 10.1. The molecule has 0 spiro atoms. The number of para-hydroxylation sites is 1. The molecule has 0 bridgehead atoms. The van der Waals surface area contributed by atoms with Gasteiger partial charge in [-0.15, -0.1) is 0 Å². The molecular weight excluding hydrogens is 248 g/mol. The average Bonchev–Trinajstić information content (AvgIpc) is 2.81.